The van der Waals surface area contributed by atoms with Gasteiger partial charge in [-0.05, 0) is 58.8 Å². The van der Waals surface area contributed by atoms with E-state index in [0.29, 0.717) is 5.41 Å². The van der Waals surface area contributed by atoms with Crippen LogP contribution in [-0.4, -0.2) is 25.3 Å². The third-order valence-electron chi connectivity index (χ3n) is 4.11. The van der Waals surface area contributed by atoms with Gasteiger partial charge in [0.25, 0.3) is 0 Å². The highest BCUT2D eigenvalue weighted by molar-refractivity contribution is 4.87. The van der Waals surface area contributed by atoms with Crippen molar-refractivity contribution in [2.24, 2.45) is 5.41 Å². The molecule has 18 heavy (non-hydrogen) atoms. The summed E-state index contributed by atoms with van der Waals surface area (Å²) in [7, 11) is 0. The second kappa shape index (κ2) is 7.49. The van der Waals surface area contributed by atoms with Gasteiger partial charge in [-0.1, -0.05) is 19.3 Å². The number of nitrogens with one attached hydrogen (secondary N) is 1. The van der Waals surface area contributed by atoms with Crippen LogP contribution in [0.5, 0.6) is 0 Å². The summed E-state index contributed by atoms with van der Waals surface area (Å²) in [5.41, 5.74) is 0.785. The first-order valence-electron chi connectivity index (χ1n) is 7.80. The Labute approximate surface area is 114 Å². The molecule has 2 nitrogen and oxygen atoms in total. The molecule has 1 aliphatic carbocycles. The summed E-state index contributed by atoms with van der Waals surface area (Å²) in [6.45, 7) is 11.9. The van der Waals surface area contributed by atoms with E-state index in [-0.39, 0.29) is 5.54 Å². The summed E-state index contributed by atoms with van der Waals surface area (Å²) in [6, 6.07) is 0. The Morgan fingerprint density at radius 2 is 1.78 bits per heavy atom. The lowest BCUT2D eigenvalue weighted by atomic mass is 9.71. The van der Waals surface area contributed by atoms with Gasteiger partial charge in [0.1, 0.15) is 0 Å². The topological polar surface area (TPSA) is 21.3 Å². The monoisotopic (exact) mass is 255 g/mol. The molecule has 1 N–H and O–H groups in total. The van der Waals surface area contributed by atoms with Crippen molar-refractivity contribution in [3.63, 3.8) is 0 Å². The van der Waals surface area contributed by atoms with Crippen molar-refractivity contribution < 1.29 is 4.74 Å². The molecule has 1 aliphatic rings. The molecule has 1 rings (SSSR count). The van der Waals surface area contributed by atoms with E-state index in [0.717, 1.165) is 13.2 Å². The van der Waals surface area contributed by atoms with Gasteiger partial charge in [0.05, 0.1) is 0 Å². The normalized spacial score (nSPS) is 20.0. The van der Waals surface area contributed by atoms with Crippen LogP contribution >= 0.6 is 0 Å². The molecule has 1 fully saturated rings. The van der Waals surface area contributed by atoms with Crippen LogP contribution in [0.15, 0.2) is 0 Å². The van der Waals surface area contributed by atoms with Crippen LogP contribution in [-0.2, 0) is 4.74 Å². The van der Waals surface area contributed by atoms with Crippen LogP contribution in [0.25, 0.3) is 0 Å². The first kappa shape index (κ1) is 16.0. The summed E-state index contributed by atoms with van der Waals surface area (Å²) in [6.07, 6.45) is 9.63. The molecule has 108 valence electrons. The van der Waals surface area contributed by atoms with Gasteiger partial charge in [-0.3, -0.25) is 0 Å². The Morgan fingerprint density at radius 3 is 2.33 bits per heavy atom. The van der Waals surface area contributed by atoms with Crippen molar-refractivity contribution >= 4 is 0 Å². The standard InChI is InChI=1S/C16H33NO/c1-5-18-13-9-12-16(10-7-6-8-11-16)14-17-15(2,3)4/h17H,5-14H2,1-4H3. The predicted octanol–water partition coefficient (Wildman–Crippen LogP) is 4.14. The van der Waals surface area contributed by atoms with E-state index in [1.807, 2.05) is 0 Å². The Morgan fingerprint density at radius 1 is 1.11 bits per heavy atom. The van der Waals surface area contributed by atoms with Crippen molar-refractivity contribution in [2.75, 3.05) is 19.8 Å². The second-order valence-corrected chi connectivity index (χ2v) is 6.96. The van der Waals surface area contributed by atoms with Crippen LogP contribution in [0, 0.1) is 5.41 Å². The summed E-state index contributed by atoms with van der Waals surface area (Å²) >= 11 is 0. The van der Waals surface area contributed by atoms with E-state index < -0.39 is 0 Å². The zero-order valence-corrected chi connectivity index (χ0v) is 13.0. The van der Waals surface area contributed by atoms with Crippen LogP contribution in [0.3, 0.4) is 0 Å². The van der Waals surface area contributed by atoms with Crippen molar-refractivity contribution in [1.82, 2.24) is 5.32 Å². The first-order valence-corrected chi connectivity index (χ1v) is 7.80. The minimum Gasteiger partial charge on any atom is -0.382 e. The van der Waals surface area contributed by atoms with E-state index in [4.69, 9.17) is 4.74 Å². The highest BCUT2D eigenvalue weighted by Crippen LogP contribution is 2.40. The second-order valence-electron chi connectivity index (χ2n) is 6.96. The van der Waals surface area contributed by atoms with E-state index in [9.17, 15) is 0 Å². The minimum absolute atomic E-state index is 0.240. The highest BCUT2D eigenvalue weighted by atomic mass is 16.5. The summed E-state index contributed by atoms with van der Waals surface area (Å²) in [5.74, 6) is 0. The molecule has 1 saturated carbocycles. The molecule has 0 aliphatic heterocycles. The molecule has 0 aromatic rings. The molecule has 0 saturated heterocycles. The van der Waals surface area contributed by atoms with Gasteiger partial charge in [0.15, 0.2) is 0 Å². The number of ether oxygens (including phenoxy) is 1. The Hall–Kier alpha value is -0.0800. The van der Waals surface area contributed by atoms with Gasteiger partial charge in [-0.2, -0.15) is 0 Å². The number of rotatable bonds is 7. The van der Waals surface area contributed by atoms with Gasteiger partial charge in [0, 0.05) is 25.3 Å². The van der Waals surface area contributed by atoms with Crippen LogP contribution in [0.4, 0.5) is 0 Å². The third kappa shape index (κ3) is 6.19. The van der Waals surface area contributed by atoms with E-state index in [1.54, 1.807) is 0 Å². The van der Waals surface area contributed by atoms with E-state index >= 15 is 0 Å². The lowest BCUT2D eigenvalue weighted by molar-refractivity contribution is 0.105. The fourth-order valence-electron chi connectivity index (χ4n) is 2.96. The molecule has 0 spiro atoms. The van der Waals surface area contributed by atoms with Crippen molar-refractivity contribution in [1.29, 1.82) is 0 Å². The van der Waals surface area contributed by atoms with E-state index in [1.165, 1.54) is 51.5 Å². The maximum absolute atomic E-state index is 5.49. The van der Waals surface area contributed by atoms with Crippen LogP contribution < -0.4 is 5.32 Å². The van der Waals surface area contributed by atoms with Crippen molar-refractivity contribution in [3.8, 4) is 0 Å². The average molecular weight is 255 g/mol. The average Bonchev–Trinajstić information content (AvgIpc) is 2.33. The van der Waals surface area contributed by atoms with Gasteiger partial charge in [-0.25, -0.2) is 0 Å². The molecular weight excluding hydrogens is 222 g/mol. The number of hydrogen-bond donors (Lipinski definition) is 1. The maximum atomic E-state index is 5.49. The fourth-order valence-corrected chi connectivity index (χ4v) is 2.96. The van der Waals surface area contributed by atoms with Gasteiger partial charge < -0.3 is 10.1 Å². The summed E-state index contributed by atoms with van der Waals surface area (Å²) in [4.78, 5) is 0. The zero-order chi connectivity index (χ0) is 13.5. The molecule has 0 aromatic heterocycles. The predicted molar refractivity (Wildman–Crippen MR) is 79.0 cm³/mol. The van der Waals surface area contributed by atoms with Gasteiger partial charge in [0.2, 0.25) is 0 Å². The smallest absolute Gasteiger partial charge is 0.0466 e. The molecule has 0 radical (unpaired) electrons. The Balaban J connectivity index is 2.41. The quantitative estimate of drug-likeness (QED) is 0.690. The molecular formula is C16H33NO. The Bertz CT molecular complexity index is 214. The lowest BCUT2D eigenvalue weighted by Gasteiger charge is -2.40. The third-order valence-corrected chi connectivity index (χ3v) is 4.11. The van der Waals surface area contributed by atoms with Gasteiger partial charge >= 0.3 is 0 Å². The highest BCUT2D eigenvalue weighted by Gasteiger charge is 2.32. The molecule has 0 atom stereocenters. The summed E-state index contributed by atoms with van der Waals surface area (Å²) < 4.78 is 5.49. The summed E-state index contributed by atoms with van der Waals surface area (Å²) in [5, 5.41) is 3.73. The van der Waals surface area contributed by atoms with Crippen LogP contribution in [0.2, 0.25) is 0 Å². The molecule has 0 unspecified atom stereocenters. The van der Waals surface area contributed by atoms with Crippen molar-refractivity contribution in [2.45, 2.75) is 78.2 Å². The Kier molecular flexibility index (Phi) is 6.65. The van der Waals surface area contributed by atoms with E-state index in [2.05, 4.69) is 33.0 Å². The fraction of sp³-hybridized carbons (Fsp3) is 1.00. The lowest BCUT2D eigenvalue weighted by Crippen LogP contribution is -2.44. The van der Waals surface area contributed by atoms with Crippen LogP contribution in [0.1, 0.15) is 72.6 Å². The first-order chi connectivity index (χ1) is 8.47. The largest absolute Gasteiger partial charge is 0.382 e. The molecule has 2 heteroatoms. The number of hydrogen-bond acceptors (Lipinski definition) is 2. The SMILES string of the molecule is CCOCCCC1(CNC(C)(C)C)CCCCC1. The molecule has 0 bridgehead atoms. The molecule has 0 amide bonds. The zero-order valence-electron chi connectivity index (χ0n) is 13.0. The van der Waals surface area contributed by atoms with Gasteiger partial charge in [-0.15, -0.1) is 0 Å². The molecule has 0 heterocycles. The minimum atomic E-state index is 0.240. The molecule has 0 aromatic carbocycles. The van der Waals surface area contributed by atoms with Crippen molar-refractivity contribution in [3.05, 3.63) is 0 Å². The maximum Gasteiger partial charge on any atom is 0.0466 e.